The molecule has 2 aliphatic heterocycles. The lowest BCUT2D eigenvalue weighted by Gasteiger charge is -2.27. The van der Waals surface area contributed by atoms with Gasteiger partial charge in [0.25, 0.3) is 0 Å². The third kappa shape index (κ3) is 4.15. The number of ether oxygens (including phenoxy) is 4. The molecule has 1 aromatic carbocycles. The van der Waals surface area contributed by atoms with Gasteiger partial charge in [-0.2, -0.15) is 0 Å². The minimum absolute atomic E-state index is 0.0748. The Labute approximate surface area is 154 Å². The standard InChI is InChI=1S/C20H28O6/c1-18(2)23-12-15(24-18)17-16(25-19(3,4)26-17)14(21)11-20(5,22)13-9-7-6-8-10-13/h6-10,15-17,22H,11-12H2,1-5H3/t15-,16-,17-,20-/m0/s1. The maximum Gasteiger partial charge on any atom is 0.167 e. The molecule has 0 radical (unpaired) electrons. The van der Waals surface area contributed by atoms with E-state index in [1.165, 1.54) is 0 Å². The topological polar surface area (TPSA) is 74.2 Å². The van der Waals surface area contributed by atoms with Gasteiger partial charge in [0.2, 0.25) is 0 Å². The van der Waals surface area contributed by atoms with Gasteiger partial charge in [0, 0.05) is 6.42 Å². The number of hydrogen-bond acceptors (Lipinski definition) is 6. The molecule has 6 heteroatoms. The third-order valence-corrected chi connectivity index (χ3v) is 4.76. The average Bonchev–Trinajstić information content (AvgIpc) is 3.06. The summed E-state index contributed by atoms with van der Waals surface area (Å²) in [5.74, 6) is -1.84. The number of ketones is 1. The van der Waals surface area contributed by atoms with Gasteiger partial charge in [0.1, 0.15) is 18.3 Å². The largest absolute Gasteiger partial charge is 0.385 e. The van der Waals surface area contributed by atoms with Gasteiger partial charge in [0.15, 0.2) is 17.4 Å². The molecule has 0 aromatic heterocycles. The predicted molar refractivity (Wildman–Crippen MR) is 94.4 cm³/mol. The highest BCUT2D eigenvalue weighted by Crippen LogP contribution is 2.37. The van der Waals surface area contributed by atoms with Crippen LogP contribution in [0.1, 0.15) is 46.6 Å². The van der Waals surface area contributed by atoms with Crippen molar-refractivity contribution in [1.82, 2.24) is 0 Å². The number of rotatable bonds is 5. The maximum absolute atomic E-state index is 13.0. The first kappa shape index (κ1) is 19.5. The van der Waals surface area contributed by atoms with Gasteiger partial charge < -0.3 is 24.1 Å². The summed E-state index contributed by atoms with van der Waals surface area (Å²) in [4.78, 5) is 13.0. The lowest BCUT2D eigenvalue weighted by molar-refractivity contribution is -0.175. The Morgan fingerprint density at radius 3 is 2.35 bits per heavy atom. The van der Waals surface area contributed by atoms with Crippen molar-refractivity contribution in [3.05, 3.63) is 35.9 Å². The molecule has 1 aromatic rings. The normalized spacial score (nSPS) is 32.3. The molecule has 144 valence electrons. The van der Waals surface area contributed by atoms with E-state index in [2.05, 4.69) is 0 Å². The van der Waals surface area contributed by atoms with E-state index in [0.717, 1.165) is 0 Å². The number of carbonyl (C=O) groups excluding carboxylic acids is 1. The van der Waals surface area contributed by atoms with E-state index >= 15 is 0 Å². The van der Waals surface area contributed by atoms with E-state index in [-0.39, 0.29) is 12.2 Å². The van der Waals surface area contributed by atoms with E-state index < -0.39 is 35.5 Å². The molecule has 3 rings (SSSR count). The van der Waals surface area contributed by atoms with Crippen LogP contribution in [0.5, 0.6) is 0 Å². The minimum Gasteiger partial charge on any atom is -0.385 e. The Kier molecular flexibility index (Phi) is 5.01. The van der Waals surface area contributed by atoms with Gasteiger partial charge in [-0.25, -0.2) is 0 Å². The van der Waals surface area contributed by atoms with Crippen LogP contribution in [0.25, 0.3) is 0 Å². The van der Waals surface area contributed by atoms with Crippen molar-refractivity contribution >= 4 is 5.78 Å². The lowest BCUT2D eigenvalue weighted by atomic mass is 9.88. The smallest absolute Gasteiger partial charge is 0.167 e. The molecule has 2 fully saturated rings. The molecule has 0 aliphatic carbocycles. The fourth-order valence-corrected chi connectivity index (χ4v) is 3.53. The predicted octanol–water partition coefficient (Wildman–Crippen LogP) is 2.52. The fourth-order valence-electron chi connectivity index (χ4n) is 3.53. The Morgan fingerprint density at radius 1 is 1.12 bits per heavy atom. The summed E-state index contributed by atoms with van der Waals surface area (Å²) >= 11 is 0. The summed E-state index contributed by atoms with van der Waals surface area (Å²) < 4.78 is 23.3. The van der Waals surface area contributed by atoms with Gasteiger partial charge in [-0.05, 0) is 40.2 Å². The van der Waals surface area contributed by atoms with Crippen LogP contribution in [-0.4, -0.2) is 47.4 Å². The zero-order valence-electron chi connectivity index (χ0n) is 16.0. The van der Waals surface area contributed by atoms with E-state index in [1.807, 2.05) is 32.0 Å². The van der Waals surface area contributed by atoms with Crippen molar-refractivity contribution in [2.45, 2.75) is 76.5 Å². The van der Waals surface area contributed by atoms with Crippen molar-refractivity contribution in [2.75, 3.05) is 6.61 Å². The van der Waals surface area contributed by atoms with Gasteiger partial charge >= 0.3 is 0 Å². The quantitative estimate of drug-likeness (QED) is 0.865. The second kappa shape index (κ2) is 6.69. The van der Waals surface area contributed by atoms with Crippen LogP contribution in [0.15, 0.2) is 30.3 Å². The van der Waals surface area contributed by atoms with Crippen molar-refractivity contribution < 1.29 is 28.8 Å². The molecule has 2 aliphatic rings. The molecule has 26 heavy (non-hydrogen) atoms. The van der Waals surface area contributed by atoms with Crippen LogP contribution in [-0.2, 0) is 29.3 Å². The molecule has 6 nitrogen and oxygen atoms in total. The van der Waals surface area contributed by atoms with Crippen LogP contribution < -0.4 is 0 Å². The number of carbonyl (C=O) groups is 1. The zero-order chi connectivity index (χ0) is 19.2. The number of Topliss-reactive ketones (excluding diaryl/α,β-unsaturated/α-hetero) is 1. The Morgan fingerprint density at radius 2 is 1.77 bits per heavy atom. The summed E-state index contributed by atoms with van der Waals surface area (Å²) in [6, 6.07) is 9.14. The summed E-state index contributed by atoms with van der Waals surface area (Å²) in [6.07, 6.45) is -1.87. The third-order valence-electron chi connectivity index (χ3n) is 4.76. The van der Waals surface area contributed by atoms with E-state index in [9.17, 15) is 9.90 Å². The first-order valence-electron chi connectivity index (χ1n) is 8.97. The molecular weight excluding hydrogens is 336 g/mol. The van der Waals surface area contributed by atoms with Crippen molar-refractivity contribution in [3.63, 3.8) is 0 Å². The summed E-state index contributed by atoms with van der Waals surface area (Å²) in [5.41, 5.74) is -0.602. The van der Waals surface area contributed by atoms with Gasteiger partial charge in [-0.15, -0.1) is 0 Å². The second-order valence-corrected chi connectivity index (χ2v) is 8.17. The molecular formula is C20H28O6. The second-order valence-electron chi connectivity index (χ2n) is 8.17. The molecule has 0 spiro atoms. The van der Waals surface area contributed by atoms with Crippen molar-refractivity contribution in [1.29, 1.82) is 0 Å². The van der Waals surface area contributed by atoms with Crippen LogP contribution in [0.3, 0.4) is 0 Å². The van der Waals surface area contributed by atoms with Crippen LogP contribution in [0.4, 0.5) is 0 Å². The van der Waals surface area contributed by atoms with Gasteiger partial charge in [0.05, 0.1) is 12.2 Å². The van der Waals surface area contributed by atoms with Crippen LogP contribution in [0.2, 0.25) is 0 Å². The SMILES string of the molecule is CC1(C)OC[C@@H]([C@@H]2OC(C)(C)O[C@H]2C(=O)C[C@](C)(O)c2ccccc2)O1. The molecule has 0 unspecified atom stereocenters. The van der Waals surface area contributed by atoms with E-state index in [1.54, 1.807) is 32.9 Å². The number of hydrogen-bond donors (Lipinski definition) is 1. The Hall–Kier alpha value is -1.31. The summed E-state index contributed by atoms with van der Waals surface area (Å²) in [6.45, 7) is 9.15. The highest BCUT2D eigenvalue weighted by atomic mass is 16.8. The van der Waals surface area contributed by atoms with E-state index in [4.69, 9.17) is 18.9 Å². The fraction of sp³-hybridized carbons (Fsp3) is 0.650. The summed E-state index contributed by atoms with van der Waals surface area (Å²) in [5, 5.41) is 10.8. The molecule has 0 amide bonds. The molecule has 0 bridgehead atoms. The van der Waals surface area contributed by atoms with Crippen molar-refractivity contribution in [2.24, 2.45) is 0 Å². The Balaban J connectivity index is 1.76. The zero-order valence-corrected chi connectivity index (χ0v) is 16.0. The number of aliphatic hydroxyl groups is 1. The minimum atomic E-state index is -1.29. The maximum atomic E-state index is 13.0. The average molecular weight is 364 g/mol. The van der Waals surface area contributed by atoms with Crippen LogP contribution in [0, 0.1) is 0 Å². The Bertz CT molecular complexity index is 652. The summed E-state index contributed by atoms with van der Waals surface area (Å²) in [7, 11) is 0. The highest BCUT2D eigenvalue weighted by Gasteiger charge is 2.52. The van der Waals surface area contributed by atoms with E-state index in [0.29, 0.717) is 12.2 Å². The molecule has 2 heterocycles. The highest BCUT2D eigenvalue weighted by molar-refractivity contribution is 5.85. The molecule has 1 N–H and O–H groups in total. The van der Waals surface area contributed by atoms with Crippen molar-refractivity contribution in [3.8, 4) is 0 Å². The van der Waals surface area contributed by atoms with Gasteiger partial charge in [-0.1, -0.05) is 30.3 Å². The van der Waals surface area contributed by atoms with Crippen LogP contribution >= 0.6 is 0 Å². The van der Waals surface area contributed by atoms with Gasteiger partial charge in [-0.3, -0.25) is 4.79 Å². The molecule has 0 saturated carbocycles. The molecule has 4 atom stereocenters. The first-order chi connectivity index (χ1) is 12.0. The first-order valence-corrected chi connectivity index (χ1v) is 8.97. The monoisotopic (exact) mass is 364 g/mol. The lowest BCUT2D eigenvalue weighted by Crippen LogP contribution is -2.43. The number of benzene rings is 1. The molecule has 2 saturated heterocycles.